The molecule has 7 nitrogen and oxygen atoms in total. The van der Waals surface area contributed by atoms with Crippen molar-refractivity contribution in [2.24, 2.45) is 0 Å². The highest BCUT2D eigenvalue weighted by Gasteiger charge is 2.15. The van der Waals surface area contributed by atoms with Gasteiger partial charge in [0.1, 0.15) is 5.60 Å². The predicted molar refractivity (Wildman–Crippen MR) is 93.9 cm³/mol. The van der Waals surface area contributed by atoms with Crippen molar-refractivity contribution in [3.63, 3.8) is 0 Å². The summed E-state index contributed by atoms with van der Waals surface area (Å²) in [4.78, 5) is 31.3. The monoisotopic (exact) mass is 342 g/mol. The Morgan fingerprint density at radius 1 is 1.12 bits per heavy atom. The summed E-state index contributed by atoms with van der Waals surface area (Å²) in [5, 5.41) is 5.20. The Kier molecular flexibility index (Phi) is 5.69. The fourth-order valence-corrected chi connectivity index (χ4v) is 2.06. The summed E-state index contributed by atoms with van der Waals surface area (Å²) in [5.41, 5.74) is 2.06. The molecule has 0 bridgehead atoms. The van der Waals surface area contributed by atoms with Gasteiger partial charge in [0.05, 0.1) is 0 Å². The smallest absolute Gasteiger partial charge is 0.407 e. The summed E-state index contributed by atoms with van der Waals surface area (Å²) in [6.07, 6.45) is 2.73. The van der Waals surface area contributed by atoms with Gasteiger partial charge in [-0.15, -0.1) is 0 Å². The average molecular weight is 342 g/mol. The number of carbonyl (C=O) groups is 2. The molecule has 0 saturated heterocycles. The molecule has 2 aromatic rings. The molecule has 2 N–H and O–H groups in total. The minimum absolute atomic E-state index is 0.119. The highest BCUT2D eigenvalue weighted by molar-refractivity contribution is 5.90. The lowest BCUT2D eigenvalue weighted by Crippen LogP contribution is -2.32. The normalized spacial score (nSPS) is 10.9. The van der Waals surface area contributed by atoms with Gasteiger partial charge in [-0.1, -0.05) is 18.2 Å². The summed E-state index contributed by atoms with van der Waals surface area (Å²) in [5.74, 6) is -0.212. The van der Waals surface area contributed by atoms with E-state index in [4.69, 9.17) is 4.74 Å². The quantitative estimate of drug-likeness (QED) is 0.890. The molecule has 1 heterocycles. The first-order chi connectivity index (χ1) is 11.8. The number of rotatable bonds is 4. The van der Waals surface area contributed by atoms with Gasteiger partial charge in [0.25, 0.3) is 5.91 Å². The second-order valence-corrected chi connectivity index (χ2v) is 6.43. The molecule has 1 aromatic heterocycles. The average Bonchev–Trinajstić information content (AvgIpc) is 2.58. The van der Waals surface area contributed by atoms with E-state index in [2.05, 4.69) is 20.6 Å². The first-order valence-corrected chi connectivity index (χ1v) is 7.89. The number of nitrogens with one attached hydrogen (secondary N) is 2. The lowest BCUT2D eigenvalue weighted by atomic mass is 10.1. The summed E-state index contributed by atoms with van der Waals surface area (Å²) < 4.78 is 5.21. The van der Waals surface area contributed by atoms with Gasteiger partial charge in [-0.05, 0) is 38.0 Å². The van der Waals surface area contributed by atoms with Gasteiger partial charge in [0.15, 0.2) is 0 Å². The second-order valence-electron chi connectivity index (χ2n) is 6.43. The minimum atomic E-state index is -0.532. The third kappa shape index (κ3) is 5.56. The highest BCUT2D eigenvalue weighted by atomic mass is 16.6. The molecule has 2 rings (SSSR count). The zero-order valence-electron chi connectivity index (χ0n) is 14.8. The number of hydrogen-bond donors (Lipinski definition) is 2. The van der Waals surface area contributed by atoms with Gasteiger partial charge < -0.3 is 15.4 Å². The molecule has 0 fully saturated rings. The van der Waals surface area contributed by atoms with E-state index in [1.54, 1.807) is 12.4 Å². The van der Waals surface area contributed by atoms with Crippen LogP contribution in [-0.4, -0.2) is 34.6 Å². The number of carbonyl (C=O) groups excluding carboxylic acids is 2. The summed E-state index contributed by atoms with van der Waals surface area (Å²) in [7, 11) is 1.53. The number of hydrogen-bond acceptors (Lipinski definition) is 5. The molecular weight excluding hydrogens is 320 g/mol. The van der Waals surface area contributed by atoms with Crippen LogP contribution in [0.25, 0.3) is 11.1 Å². The number of ether oxygens (including phenoxy) is 1. The first-order valence-electron chi connectivity index (χ1n) is 7.89. The molecular formula is C18H22N4O3. The zero-order valence-corrected chi connectivity index (χ0v) is 14.8. The molecule has 0 aliphatic rings. The Balaban J connectivity index is 2.06. The molecule has 0 unspecified atom stereocenters. The molecule has 0 spiro atoms. The van der Waals surface area contributed by atoms with Crippen LogP contribution >= 0.6 is 0 Å². The topological polar surface area (TPSA) is 93.2 Å². The van der Waals surface area contributed by atoms with E-state index in [0.29, 0.717) is 6.54 Å². The molecule has 0 aliphatic carbocycles. The highest BCUT2D eigenvalue weighted by Crippen LogP contribution is 2.19. The maximum Gasteiger partial charge on any atom is 0.407 e. The van der Waals surface area contributed by atoms with Crippen molar-refractivity contribution in [2.45, 2.75) is 32.9 Å². The molecule has 2 amide bonds. The molecule has 0 aliphatic heterocycles. The van der Waals surface area contributed by atoms with Crippen molar-refractivity contribution < 1.29 is 14.3 Å². The number of alkyl carbamates (subject to hydrolysis) is 1. The van der Waals surface area contributed by atoms with Crippen molar-refractivity contribution >= 4 is 12.0 Å². The molecule has 25 heavy (non-hydrogen) atoms. The van der Waals surface area contributed by atoms with Gasteiger partial charge in [-0.25, -0.2) is 14.8 Å². The van der Waals surface area contributed by atoms with Crippen molar-refractivity contribution in [1.82, 2.24) is 20.6 Å². The molecule has 7 heteroatoms. The Bertz CT molecular complexity index is 752. The fourth-order valence-electron chi connectivity index (χ4n) is 2.06. The van der Waals surface area contributed by atoms with E-state index in [1.807, 2.05) is 45.0 Å². The molecule has 1 aromatic carbocycles. The number of amides is 2. The predicted octanol–water partition coefficient (Wildman–Crippen LogP) is 2.53. The SMILES string of the molecule is CNC(=O)c1ncc(-c2cccc(CNC(=O)OC(C)(C)C)c2)cn1. The van der Waals surface area contributed by atoms with E-state index in [-0.39, 0.29) is 11.7 Å². The van der Waals surface area contributed by atoms with Crippen LogP contribution in [0.15, 0.2) is 36.7 Å². The third-order valence-corrected chi connectivity index (χ3v) is 3.18. The molecule has 132 valence electrons. The van der Waals surface area contributed by atoms with E-state index < -0.39 is 11.7 Å². The van der Waals surface area contributed by atoms with Crippen LogP contribution in [0.2, 0.25) is 0 Å². The Morgan fingerprint density at radius 3 is 2.40 bits per heavy atom. The van der Waals surface area contributed by atoms with Crippen LogP contribution in [0.4, 0.5) is 4.79 Å². The van der Waals surface area contributed by atoms with E-state index in [9.17, 15) is 9.59 Å². The van der Waals surface area contributed by atoms with Crippen molar-refractivity contribution in [3.05, 3.63) is 48.0 Å². The van der Waals surface area contributed by atoms with E-state index in [0.717, 1.165) is 16.7 Å². The summed E-state index contributed by atoms with van der Waals surface area (Å²) in [6.45, 7) is 5.79. The maximum atomic E-state index is 11.7. The minimum Gasteiger partial charge on any atom is -0.444 e. The standard InChI is InChI=1S/C18H22N4O3/c1-18(2,3)25-17(24)22-9-12-6-5-7-13(8-12)14-10-20-15(21-11-14)16(23)19-4/h5-8,10-11H,9H2,1-4H3,(H,19,23)(H,22,24). The van der Waals surface area contributed by atoms with Gasteiger partial charge in [0.2, 0.25) is 5.82 Å². The Morgan fingerprint density at radius 2 is 1.80 bits per heavy atom. The van der Waals surface area contributed by atoms with Gasteiger partial charge in [-0.2, -0.15) is 0 Å². The first kappa shape index (κ1) is 18.4. The van der Waals surface area contributed by atoms with Crippen LogP contribution in [0.3, 0.4) is 0 Å². The van der Waals surface area contributed by atoms with Crippen LogP contribution in [0.1, 0.15) is 37.0 Å². The lowest BCUT2D eigenvalue weighted by molar-refractivity contribution is 0.0523. The third-order valence-electron chi connectivity index (χ3n) is 3.18. The van der Waals surface area contributed by atoms with E-state index in [1.165, 1.54) is 7.05 Å². The molecule has 0 atom stereocenters. The van der Waals surface area contributed by atoms with Gasteiger partial charge >= 0.3 is 6.09 Å². The largest absolute Gasteiger partial charge is 0.444 e. The molecule has 0 radical (unpaired) electrons. The summed E-state index contributed by atoms with van der Waals surface area (Å²) >= 11 is 0. The van der Waals surface area contributed by atoms with Crippen LogP contribution in [0, 0.1) is 0 Å². The van der Waals surface area contributed by atoms with Gasteiger partial charge in [-0.3, -0.25) is 4.79 Å². The van der Waals surface area contributed by atoms with Crippen LogP contribution in [0.5, 0.6) is 0 Å². The van der Waals surface area contributed by atoms with E-state index >= 15 is 0 Å². The number of nitrogens with zero attached hydrogens (tertiary/aromatic N) is 2. The van der Waals surface area contributed by atoms with Gasteiger partial charge in [0, 0.05) is 31.5 Å². The lowest BCUT2D eigenvalue weighted by Gasteiger charge is -2.19. The number of benzene rings is 1. The van der Waals surface area contributed by atoms with Crippen LogP contribution in [-0.2, 0) is 11.3 Å². The number of aromatic nitrogens is 2. The Labute approximate surface area is 146 Å². The Hall–Kier alpha value is -2.96. The van der Waals surface area contributed by atoms with Crippen molar-refractivity contribution in [3.8, 4) is 11.1 Å². The fraction of sp³-hybridized carbons (Fsp3) is 0.333. The van der Waals surface area contributed by atoms with Crippen molar-refractivity contribution in [2.75, 3.05) is 7.05 Å². The maximum absolute atomic E-state index is 11.7. The van der Waals surface area contributed by atoms with Crippen molar-refractivity contribution in [1.29, 1.82) is 0 Å². The molecule has 0 saturated carbocycles. The second kappa shape index (κ2) is 7.74. The van der Waals surface area contributed by atoms with Crippen LogP contribution < -0.4 is 10.6 Å². The summed E-state index contributed by atoms with van der Waals surface area (Å²) in [6, 6.07) is 7.62. The zero-order chi connectivity index (χ0) is 18.4.